The maximum Gasteiger partial charge on any atom is 0.284 e. The summed E-state index contributed by atoms with van der Waals surface area (Å²) in [6.07, 6.45) is 1.56. The van der Waals surface area contributed by atoms with Crippen molar-refractivity contribution in [3.05, 3.63) is 46.1 Å². The van der Waals surface area contributed by atoms with Crippen LogP contribution in [0.2, 0.25) is 5.02 Å². The molecule has 5 nitrogen and oxygen atoms in total. The smallest absolute Gasteiger partial charge is 0.284 e. The fourth-order valence-electron chi connectivity index (χ4n) is 1.64. The second kappa shape index (κ2) is 7.21. The molecular weight excluding hydrogens is 392 g/mol. The molecular formula is C14H10BrClN2O3S. The molecule has 0 fully saturated rings. The highest BCUT2D eigenvalue weighted by Crippen LogP contribution is 2.28. The van der Waals surface area contributed by atoms with E-state index in [2.05, 4.69) is 26.1 Å². The molecule has 0 unspecified atom stereocenters. The van der Waals surface area contributed by atoms with Crippen LogP contribution in [0.5, 0.6) is 5.75 Å². The predicted octanol–water partition coefficient (Wildman–Crippen LogP) is 4.92. The first-order valence-electron chi connectivity index (χ1n) is 6.30. The minimum Gasteiger partial charge on any atom is -0.492 e. The van der Waals surface area contributed by atoms with Gasteiger partial charge in [0.2, 0.25) is 0 Å². The molecule has 0 amide bonds. The number of hydrogen-bond donors (Lipinski definition) is 0. The maximum atomic E-state index is 5.88. The number of halogens is 2. The molecule has 2 aromatic heterocycles. The van der Waals surface area contributed by atoms with Gasteiger partial charge in [-0.15, -0.1) is 10.2 Å². The van der Waals surface area contributed by atoms with Crippen LogP contribution in [0.3, 0.4) is 0 Å². The van der Waals surface area contributed by atoms with Gasteiger partial charge in [-0.05, 0) is 46.3 Å². The van der Waals surface area contributed by atoms with E-state index in [1.165, 1.54) is 11.8 Å². The molecule has 114 valence electrons. The summed E-state index contributed by atoms with van der Waals surface area (Å²) in [4.78, 5) is 0. The van der Waals surface area contributed by atoms with E-state index in [1.807, 2.05) is 6.07 Å². The second-order valence-electron chi connectivity index (χ2n) is 4.12. The van der Waals surface area contributed by atoms with Gasteiger partial charge >= 0.3 is 0 Å². The summed E-state index contributed by atoms with van der Waals surface area (Å²) < 4.78 is 17.2. The van der Waals surface area contributed by atoms with Crippen LogP contribution in [0.15, 0.2) is 55.1 Å². The molecule has 2 heterocycles. The fourth-order valence-corrected chi connectivity index (χ4v) is 3.02. The van der Waals surface area contributed by atoms with Crippen molar-refractivity contribution in [2.75, 3.05) is 12.4 Å². The quantitative estimate of drug-likeness (QED) is 0.432. The van der Waals surface area contributed by atoms with E-state index in [-0.39, 0.29) is 0 Å². The average Bonchev–Trinajstić information content (AvgIpc) is 3.16. The van der Waals surface area contributed by atoms with Crippen molar-refractivity contribution in [3.8, 4) is 17.4 Å². The van der Waals surface area contributed by atoms with Crippen LogP contribution in [0, 0.1) is 0 Å². The number of hydrogen-bond acceptors (Lipinski definition) is 6. The van der Waals surface area contributed by atoms with Gasteiger partial charge < -0.3 is 13.6 Å². The largest absolute Gasteiger partial charge is 0.492 e. The topological polar surface area (TPSA) is 61.3 Å². The van der Waals surface area contributed by atoms with Crippen molar-refractivity contribution >= 4 is 39.3 Å². The van der Waals surface area contributed by atoms with Crippen LogP contribution in [0.1, 0.15) is 0 Å². The van der Waals surface area contributed by atoms with Crippen molar-refractivity contribution in [3.63, 3.8) is 0 Å². The summed E-state index contributed by atoms with van der Waals surface area (Å²) in [7, 11) is 0. The lowest BCUT2D eigenvalue weighted by molar-refractivity contribution is 0.341. The zero-order valence-electron chi connectivity index (χ0n) is 11.2. The van der Waals surface area contributed by atoms with E-state index in [9.17, 15) is 0 Å². The number of ether oxygens (including phenoxy) is 1. The van der Waals surface area contributed by atoms with Crippen LogP contribution in [0.4, 0.5) is 0 Å². The van der Waals surface area contributed by atoms with Gasteiger partial charge in [-0.2, -0.15) is 0 Å². The van der Waals surface area contributed by atoms with E-state index >= 15 is 0 Å². The molecule has 0 bridgehead atoms. The molecule has 0 aliphatic rings. The number of benzene rings is 1. The van der Waals surface area contributed by atoms with Crippen LogP contribution in [-0.2, 0) is 0 Å². The molecule has 8 heteroatoms. The Hall–Kier alpha value is -1.44. The van der Waals surface area contributed by atoms with Crippen molar-refractivity contribution < 1.29 is 13.6 Å². The standard InChI is InChI=1S/C14H10BrClN2O3S/c15-10-8-9(16)3-4-11(10)20-6-7-22-14-18-17-13(21-14)12-2-1-5-19-12/h1-5,8H,6-7H2. The minimum atomic E-state index is 0.369. The molecule has 0 saturated carbocycles. The summed E-state index contributed by atoms with van der Waals surface area (Å²) in [5.41, 5.74) is 0. The predicted molar refractivity (Wildman–Crippen MR) is 87.4 cm³/mol. The van der Waals surface area contributed by atoms with E-state index < -0.39 is 0 Å². The van der Waals surface area contributed by atoms with Crippen molar-refractivity contribution in [2.24, 2.45) is 0 Å². The molecule has 0 N–H and O–H groups in total. The van der Waals surface area contributed by atoms with Crippen molar-refractivity contribution in [2.45, 2.75) is 5.22 Å². The van der Waals surface area contributed by atoms with E-state index in [4.69, 9.17) is 25.2 Å². The number of furan rings is 1. The van der Waals surface area contributed by atoms with Crippen molar-refractivity contribution in [1.82, 2.24) is 10.2 Å². The molecule has 0 aliphatic carbocycles. The first kappa shape index (κ1) is 15.5. The highest BCUT2D eigenvalue weighted by molar-refractivity contribution is 9.10. The molecule has 0 aliphatic heterocycles. The third-order valence-corrected chi connectivity index (χ3v) is 4.24. The van der Waals surface area contributed by atoms with Gasteiger partial charge in [0.05, 0.1) is 17.3 Å². The lowest BCUT2D eigenvalue weighted by Gasteiger charge is -2.07. The van der Waals surface area contributed by atoms with E-state index in [1.54, 1.807) is 30.5 Å². The lowest BCUT2D eigenvalue weighted by Crippen LogP contribution is -2.00. The summed E-state index contributed by atoms with van der Waals surface area (Å²) in [5, 5.41) is 9.01. The van der Waals surface area contributed by atoms with Crippen molar-refractivity contribution in [1.29, 1.82) is 0 Å². The molecule has 1 aromatic carbocycles. The number of aromatic nitrogens is 2. The monoisotopic (exact) mass is 400 g/mol. The summed E-state index contributed by atoms with van der Waals surface area (Å²) in [5.74, 6) is 2.34. The third kappa shape index (κ3) is 3.85. The van der Waals surface area contributed by atoms with Gasteiger partial charge in [0.15, 0.2) is 5.76 Å². The Labute approximate surface area is 144 Å². The summed E-state index contributed by atoms with van der Waals surface area (Å²) >= 11 is 10.7. The van der Waals surface area contributed by atoms with E-state index in [0.717, 1.165) is 10.2 Å². The Morgan fingerprint density at radius 2 is 2.18 bits per heavy atom. The van der Waals surface area contributed by atoms with Gasteiger partial charge in [0, 0.05) is 10.8 Å². The Balaban J connectivity index is 1.49. The minimum absolute atomic E-state index is 0.369. The molecule has 0 atom stereocenters. The molecule has 0 spiro atoms. The zero-order chi connectivity index (χ0) is 15.4. The summed E-state index contributed by atoms with van der Waals surface area (Å²) in [6, 6.07) is 8.92. The molecule has 22 heavy (non-hydrogen) atoms. The van der Waals surface area contributed by atoms with Crippen LogP contribution in [0.25, 0.3) is 11.7 Å². The molecule has 0 radical (unpaired) electrons. The van der Waals surface area contributed by atoms with Gasteiger partial charge in [0.1, 0.15) is 5.75 Å². The lowest BCUT2D eigenvalue weighted by atomic mass is 10.3. The summed E-state index contributed by atoms with van der Waals surface area (Å²) in [6.45, 7) is 0.503. The van der Waals surface area contributed by atoms with Crippen LogP contribution >= 0.6 is 39.3 Å². The number of thioether (sulfide) groups is 1. The van der Waals surface area contributed by atoms with E-state index in [0.29, 0.717) is 34.3 Å². The Morgan fingerprint density at radius 3 is 2.95 bits per heavy atom. The SMILES string of the molecule is Clc1ccc(OCCSc2nnc(-c3ccco3)o2)c(Br)c1. The van der Waals surface area contributed by atoms with Gasteiger partial charge in [0.25, 0.3) is 11.1 Å². The molecule has 3 rings (SSSR count). The second-order valence-corrected chi connectivity index (χ2v) is 6.46. The molecule has 3 aromatic rings. The van der Waals surface area contributed by atoms with Gasteiger partial charge in [-0.25, -0.2) is 0 Å². The Bertz CT molecular complexity index is 748. The Morgan fingerprint density at radius 1 is 1.27 bits per heavy atom. The average molecular weight is 402 g/mol. The highest BCUT2D eigenvalue weighted by Gasteiger charge is 2.11. The number of nitrogens with zero attached hydrogens (tertiary/aromatic N) is 2. The number of rotatable bonds is 6. The highest BCUT2D eigenvalue weighted by atomic mass is 79.9. The normalized spacial score (nSPS) is 10.8. The molecule has 0 saturated heterocycles. The first-order valence-corrected chi connectivity index (χ1v) is 8.46. The van der Waals surface area contributed by atoms with Gasteiger partial charge in [-0.3, -0.25) is 0 Å². The van der Waals surface area contributed by atoms with Crippen LogP contribution < -0.4 is 4.74 Å². The van der Waals surface area contributed by atoms with Gasteiger partial charge in [-0.1, -0.05) is 23.4 Å². The Kier molecular flexibility index (Phi) is 5.07. The van der Waals surface area contributed by atoms with Crippen LogP contribution in [-0.4, -0.2) is 22.6 Å². The maximum absolute atomic E-state index is 5.88. The fraction of sp³-hybridized carbons (Fsp3) is 0.143. The third-order valence-electron chi connectivity index (χ3n) is 2.60. The first-order chi connectivity index (χ1) is 10.7. The zero-order valence-corrected chi connectivity index (χ0v) is 14.3.